The van der Waals surface area contributed by atoms with Crippen LogP contribution >= 0.6 is 11.6 Å². The Morgan fingerprint density at radius 3 is 2.56 bits per heavy atom. The average molecular weight is 388 g/mol. The fourth-order valence-corrected chi connectivity index (χ4v) is 3.31. The van der Waals surface area contributed by atoms with Crippen LogP contribution in [-0.4, -0.2) is 21.8 Å². The minimum absolute atomic E-state index is 0.159. The van der Waals surface area contributed by atoms with Crippen LogP contribution in [0.1, 0.15) is 53.6 Å². The molecule has 0 fully saturated rings. The molecule has 1 aromatic heterocycles. The first-order valence-electron chi connectivity index (χ1n) is 8.60. The minimum atomic E-state index is -1.13. The van der Waals surface area contributed by atoms with E-state index in [1.165, 1.54) is 12.1 Å². The standard InChI is InChI=1S/C21H19ClFNO3/c1-11(2)12-3-6-19-15(7-12)17(10-24-19)16(21(26)27)9-20(25)14-5-4-13(22)8-18(14)23/h3-8,10-11,16,24H,9H2,1-2H3,(H,26,27). The molecule has 0 aliphatic heterocycles. The number of hydrogen-bond donors (Lipinski definition) is 2. The SMILES string of the molecule is CC(C)c1ccc2[nH]cc(C(CC(=O)c3ccc(Cl)cc3F)C(=O)O)c2c1. The summed E-state index contributed by atoms with van der Waals surface area (Å²) in [6.45, 7) is 4.10. The van der Waals surface area contributed by atoms with Gasteiger partial charge in [-0.3, -0.25) is 9.59 Å². The third kappa shape index (κ3) is 3.88. The number of hydrogen-bond acceptors (Lipinski definition) is 2. The molecule has 140 valence electrons. The summed E-state index contributed by atoms with van der Waals surface area (Å²) in [5, 5.41) is 10.7. The second-order valence-electron chi connectivity index (χ2n) is 6.85. The van der Waals surface area contributed by atoms with Gasteiger partial charge < -0.3 is 10.1 Å². The predicted octanol–water partition coefficient (Wildman–Crippen LogP) is 5.53. The molecule has 6 heteroatoms. The minimum Gasteiger partial charge on any atom is -0.481 e. The molecule has 27 heavy (non-hydrogen) atoms. The Bertz CT molecular complexity index is 1030. The lowest BCUT2D eigenvalue weighted by Crippen LogP contribution is -2.17. The number of benzene rings is 2. The number of ketones is 1. The maximum Gasteiger partial charge on any atom is 0.311 e. The summed E-state index contributed by atoms with van der Waals surface area (Å²) in [4.78, 5) is 27.5. The van der Waals surface area contributed by atoms with Crippen molar-refractivity contribution in [3.05, 3.63) is 70.1 Å². The third-order valence-electron chi connectivity index (χ3n) is 4.70. The van der Waals surface area contributed by atoms with Gasteiger partial charge in [0.15, 0.2) is 5.78 Å². The van der Waals surface area contributed by atoms with Gasteiger partial charge in [-0.2, -0.15) is 0 Å². The van der Waals surface area contributed by atoms with Crippen LogP contribution in [0.3, 0.4) is 0 Å². The van der Waals surface area contributed by atoms with E-state index >= 15 is 0 Å². The Morgan fingerprint density at radius 1 is 1.19 bits per heavy atom. The Morgan fingerprint density at radius 2 is 1.93 bits per heavy atom. The molecule has 0 saturated carbocycles. The third-order valence-corrected chi connectivity index (χ3v) is 4.93. The van der Waals surface area contributed by atoms with Gasteiger partial charge >= 0.3 is 5.97 Å². The van der Waals surface area contributed by atoms with Crippen LogP contribution in [0.5, 0.6) is 0 Å². The van der Waals surface area contributed by atoms with E-state index in [2.05, 4.69) is 18.8 Å². The van der Waals surface area contributed by atoms with E-state index in [0.29, 0.717) is 5.56 Å². The smallest absolute Gasteiger partial charge is 0.311 e. The number of carbonyl (C=O) groups is 2. The highest BCUT2D eigenvalue weighted by Gasteiger charge is 2.27. The monoisotopic (exact) mass is 387 g/mol. The van der Waals surface area contributed by atoms with E-state index in [1.807, 2.05) is 18.2 Å². The number of fused-ring (bicyclic) bond motifs is 1. The molecule has 0 aliphatic rings. The molecule has 4 nitrogen and oxygen atoms in total. The number of halogens is 2. The van der Waals surface area contributed by atoms with Gasteiger partial charge in [0.25, 0.3) is 0 Å². The molecule has 1 heterocycles. The number of Topliss-reactive ketones (excluding diaryl/α,β-unsaturated/α-hetero) is 1. The Labute approximate surface area is 161 Å². The average Bonchev–Trinajstić information content (AvgIpc) is 3.01. The van der Waals surface area contributed by atoms with E-state index in [1.54, 1.807) is 6.20 Å². The summed E-state index contributed by atoms with van der Waals surface area (Å²) < 4.78 is 14.0. The van der Waals surface area contributed by atoms with Gasteiger partial charge in [-0.25, -0.2) is 4.39 Å². The van der Waals surface area contributed by atoms with E-state index in [-0.39, 0.29) is 22.9 Å². The highest BCUT2D eigenvalue weighted by Crippen LogP contribution is 2.32. The number of carboxylic acid groups (broad SMARTS) is 1. The molecule has 0 spiro atoms. The fourth-order valence-electron chi connectivity index (χ4n) is 3.15. The van der Waals surface area contributed by atoms with Crippen LogP contribution in [0.25, 0.3) is 10.9 Å². The van der Waals surface area contributed by atoms with Gasteiger partial charge in [0.2, 0.25) is 0 Å². The van der Waals surface area contributed by atoms with Crippen LogP contribution in [0.2, 0.25) is 5.02 Å². The molecule has 0 aliphatic carbocycles. The van der Waals surface area contributed by atoms with Crippen molar-refractivity contribution in [2.24, 2.45) is 0 Å². The van der Waals surface area contributed by atoms with Crippen LogP contribution in [-0.2, 0) is 4.79 Å². The van der Waals surface area contributed by atoms with E-state index in [0.717, 1.165) is 22.5 Å². The van der Waals surface area contributed by atoms with Crippen molar-refractivity contribution in [1.29, 1.82) is 0 Å². The maximum atomic E-state index is 14.0. The summed E-state index contributed by atoms with van der Waals surface area (Å²) in [5.74, 6) is -3.26. The molecule has 3 aromatic rings. The predicted molar refractivity (Wildman–Crippen MR) is 103 cm³/mol. The molecular formula is C21H19ClFNO3. The molecule has 2 aromatic carbocycles. The van der Waals surface area contributed by atoms with Crippen molar-refractivity contribution < 1.29 is 19.1 Å². The van der Waals surface area contributed by atoms with Crippen molar-refractivity contribution >= 4 is 34.3 Å². The first-order chi connectivity index (χ1) is 12.8. The van der Waals surface area contributed by atoms with E-state index in [4.69, 9.17) is 11.6 Å². The second kappa shape index (κ2) is 7.53. The fraction of sp³-hybridized carbons (Fsp3) is 0.238. The zero-order valence-electron chi connectivity index (χ0n) is 14.9. The number of aromatic nitrogens is 1. The number of H-pyrrole nitrogens is 1. The van der Waals surface area contributed by atoms with Crippen LogP contribution in [0, 0.1) is 5.82 Å². The Balaban J connectivity index is 1.99. The molecule has 0 saturated heterocycles. The molecular weight excluding hydrogens is 369 g/mol. The highest BCUT2D eigenvalue weighted by atomic mass is 35.5. The topological polar surface area (TPSA) is 70.2 Å². The summed E-state index contributed by atoms with van der Waals surface area (Å²) in [6.07, 6.45) is 1.27. The van der Waals surface area contributed by atoms with Gasteiger partial charge in [0, 0.05) is 28.5 Å². The Kier molecular flexibility index (Phi) is 5.33. The first kappa shape index (κ1) is 19.1. The highest BCUT2D eigenvalue weighted by molar-refractivity contribution is 6.30. The second-order valence-corrected chi connectivity index (χ2v) is 7.28. The van der Waals surface area contributed by atoms with E-state index < -0.39 is 23.5 Å². The van der Waals surface area contributed by atoms with Gasteiger partial charge in [-0.05, 0) is 47.4 Å². The molecule has 0 radical (unpaired) electrons. The maximum absolute atomic E-state index is 14.0. The van der Waals surface area contributed by atoms with Gasteiger partial charge in [-0.15, -0.1) is 0 Å². The lowest BCUT2D eigenvalue weighted by molar-refractivity contribution is -0.138. The number of aliphatic carboxylic acids is 1. The number of carboxylic acids is 1. The van der Waals surface area contributed by atoms with Crippen molar-refractivity contribution in [2.75, 3.05) is 0 Å². The zero-order valence-corrected chi connectivity index (χ0v) is 15.7. The number of nitrogens with one attached hydrogen (secondary N) is 1. The number of aromatic amines is 1. The summed E-state index contributed by atoms with van der Waals surface area (Å²) in [7, 11) is 0. The summed E-state index contributed by atoms with van der Waals surface area (Å²) in [6, 6.07) is 9.56. The summed E-state index contributed by atoms with van der Waals surface area (Å²) >= 11 is 5.72. The van der Waals surface area contributed by atoms with Crippen molar-refractivity contribution in [1.82, 2.24) is 4.98 Å². The molecule has 2 N–H and O–H groups in total. The lowest BCUT2D eigenvalue weighted by Gasteiger charge is -2.13. The van der Waals surface area contributed by atoms with Crippen LogP contribution < -0.4 is 0 Å². The molecule has 1 unspecified atom stereocenters. The van der Waals surface area contributed by atoms with Crippen molar-refractivity contribution in [2.45, 2.75) is 32.1 Å². The molecule has 3 rings (SSSR count). The van der Waals surface area contributed by atoms with Crippen molar-refractivity contribution in [3.63, 3.8) is 0 Å². The summed E-state index contributed by atoms with van der Waals surface area (Å²) in [5.41, 5.74) is 2.23. The van der Waals surface area contributed by atoms with E-state index in [9.17, 15) is 19.1 Å². The van der Waals surface area contributed by atoms with Gasteiger partial charge in [0.05, 0.1) is 11.5 Å². The van der Waals surface area contributed by atoms with Crippen molar-refractivity contribution in [3.8, 4) is 0 Å². The first-order valence-corrected chi connectivity index (χ1v) is 8.97. The van der Waals surface area contributed by atoms with Gasteiger partial charge in [-0.1, -0.05) is 31.5 Å². The molecule has 0 bridgehead atoms. The van der Waals surface area contributed by atoms with Crippen LogP contribution in [0.15, 0.2) is 42.6 Å². The zero-order chi connectivity index (χ0) is 19.7. The van der Waals surface area contributed by atoms with Gasteiger partial charge in [0.1, 0.15) is 5.82 Å². The quantitative estimate of drug-likeness (QED) is 0.546. The number of carbonyl (C=O) groups excluding carboxylic acids is 1. The number of rotatable bonds is 6. The van der Waals surface area contributed by atoms with Crippen LogP contribution in [0.4, 0.5) is 4.39 Å². The largest absolute Gasteiger partial charge is 0.481 e. The molecule has 0 amide bonds. The molecule has 1 atom stereocenters. The normalized spacial score (nSPS) is 12.5. The Hall–Kier alpha value is -2.66. The lowest BCUT2D eigenvalue weighted by atomic mass is 9.90.